The third-order valence-corrected chi connectivity index (χ3v) is 5.67. The van der Waals surface area contributed by atoms with Gasteiger partial charge in [-0.25, -0.2) is 19.2 Å². The van der Waals surface area contributed by atoms with E-state index in [0.717, 1.165) is 33.6 Å². The van der Waals surface area contributed by atoms with E-state index in [2.05, 4.69) is 20.0 Å². The lowest BCUT2D eigenvalue weighted by atomic mass is 10.2. The fourth-order valence-corrected chi connectivity index (χ4v) is 3.09. The highest BCUT2D eigenvalue weighted by Crippen LogP contribution is 2.24. The zero-order valence-electron chi connectivity index (χ0n) is 25.7. The number of carbonyl (C=O) groups excluding carboxylic acids is 4. The lowest BCUT2D eigenvalue weighted by Crippen LogP contribution is -1.91. The number of anilines is 4. The quantitative estimate of drug-likeness (QED) is 0.117. The molecule has 0 bridgehead atoms. The number of nitrogens with zero attached hydrogens (tertiary/aromatic N) is 4. The van der Waals surface area contributed by atoms with Crippen molar-refractivity contribution in [3.05, 3.63) is 95.1 Å². The van der Waals surface area contributed by atoms with Crippen LogP contribution in [0.3, 0.4) is 0 Å². The van der Waals surface area contributed by atoms with Crippen molar-refractivity contribution in [2.45, 2.75) is 42.5 Å². The minimum absolute atomic E-state index is 0. The van der Waals surface area contributed by atoms with E-state index in [-0.39, 0.29) is 25.8 Å². The molecule has 0 spiro atoms. The molecule has 14 nitrogen and oxygen atoms in total. The smallest absolute Gasteiger partial charge is 0.240 e. The van der Waals surface area contributed by atoms with Crippen molar-refractivity contribution in [3.8, 4) is 0 Å². The molecule has 0 atom stereocenters. The van der Waals surface area contributed by atoms with Crippen molar-refractivity contribution in [1.82, 2.24) is 0 Å². The zero-order valence-corrected chi connectivity index (χ0v) is 25.7. The molecule has 256 valence electrons. The van der Waals surface area contributed by atoms with Gasteiger partial charge in [-0.3, -0.25) is 0 Å². The Bertz CT molecular complexity index is 1790. The minimum Gasteiger partial charge on any atom is -0.412 e. The number of rotatable bonds is 4. The summed E-state index contributed by atoms with van der Waals surface area (Å²) in [6.45, 7) is 7.50. The standard InChI is InChI=1S/C9H6N2O2.2C8H8N2O.C7H10N2.2CH4.2H2O/c1-7-2-3-8(10-5-12)4-9(7)11-6-13;1-6-2-3-7(10-5-11)4-8(6)9;1-6-2-3-7(9)4-8(6)10-5-11;1-5-2-3-6(8)4-7(5)9;;;;/h2-4H,1H3;2*2-4H,9H2,1H3;2-4H,8-9H2,1H3;2*1H4;2*1H2. The van der Waals surface area contributed by atoms with Crippen LogP contribution in [-0.4, -0.2) is 35.3 Å². The average Bonchev–Trinajstić information content (AvgIpc) is 2.98. The van der Waals surface area contributed by atoms with Crippen LogP contribution in [0.5, 0.6) is 0 Å². The fraction of sp³-hybridized carbons (Fsp3) is 0.176. The van der Waals surface area contributed by atoms with Crippen molar-refractivity contribution < 1.29 is 30.1 Å². The van der Waals surface area contributed by atoms with E-state index >= 15 is 0 Å². The number of hydrogen-bond acceptors (Lipinski definition) is 12. The van der Waals surface area contributed by atoms with Crippen LogP contribution in [0.1, 0.15) is 37.1 Å². The number of nitrogen functional groups attached to an aromatic ring is 4. The first-order valence-corrected chi connectivity index (χ1v) is 12.7. The summed E-state index contributed by atoms with van der Waals surface area (Å²) < 4.78 is 0. The Kier molecular flexibility index (Phi) is 26.0. The van der Waals surface area contributed by atoms with E-state index in [1.165, 1.54) is 30.4 Å². The molecule has 4 rings (SSSR count). The van der Waals surface area contributed by atoms with Gasteiger partial charge in [-0.1, -0.05) is 39.1 Å². The molecule has 0 aliphatic heterocycles. The molecular formula is C34H44N8O6. The summed E-state index contributed by atoms with van der Waals surface area (Å²) in [5.41, 5.74) is 30.6. The molecule has 0 unspecified atom stereocenters. The third kappa shape index (κ3) is 17.7. The second-order valence-corrected chi connectivity index (χ2v) is 8.99. The maximum Gasteiger partial charge on any atom is 0.240 e. The molecule has 0 radical (unpaired) electrons. The topological polar surface area (TPSA) is 285 Å². The predicted molar refractivity (Wildman–Crippen MR) is 194 cm³/mol. The minimum atomic E-state index is 0. The molecule has 4 aromatic rings. The van der Waals surface area contributed by atoms with Crippen molar-refractivity contribution in [3.63, 3.8) is 0 Å². The van der Waals surface area contributed by atoms with E-state index in [0.29, 0.717) is 34.1 Å². The molecule has 12 N–H and O–H groups in total. The molecule has 0 aliphatic carbocycles. The first-order chi connectivity index (χ1) is 20.9. The Morgan fingerprint density at radius 2 is 0.771 bits per heavy atom. The normalized spacial score (nSPS) is 8.08. The summed E-state index contributed by atoms with van der Waals surface area (Å²) in [6.07, 6.45) is 5.76. The Balaban J connectivity index is -0.000000263. The van der Waals surface area contributed by atoms with Crippen LogP contribution < -0.4 is 22.9 Å². The predicted octanol–water partition coefficient (Wildman–Crippen LogP) is 5.80. The largest absolute Gasteiger partial charge is 0.412 e. The van der Waals surface area contributed by atoms with Crippen molar-refractivity contribution in [2.24, 2.45) is 20.0 Å². The molecule has 0 fully saturated rings. The Morgan fingerprint density at radius 3 is 1.17 bits per heavy atom. The van der Waals surface area contributed by atoms with Gasteiger partial charge < -0.3 is 33.9 Å². The van der Waals surface area contributed by atoms with Crippen molar-refractivity contribution >= 4 is 69.8 Å². The monoisotopic (exact) mass is 660 g/mol. The number of aliphatic imine (C=N–C) groups is 4. The molecule has 4 aromatic carbocycles. The molecule has 0 heterocycles. The van der Waals surface area contributed by atoms with Gasteiger partial charge in [-0.2, -0.15) is 20.0 Å². The van der Waals surface area contributed by atoms with Gasteiger partial charge in [0.2, 0.25) is 24.3 Å². The summed E-state index contributed by atoms with van der Waals surface area (Å²) in [4.78, 5) is 53.4. The van der Waals surface area contributed by atoms with E-state index in [4.69, 9.17) is 22.9 Å². The molecule has 0 saturated carbocycles. The Labute approximate surface area is 280 Å². The van der Waals surface area contributed by atoms with Gasteiger partial charge in [0.15, 0.2) is 0 Å². The van der Waals surface area contributed by atoms with Crippen LogP contribution in [-0.2, 0) is 19.2 Å². The molecule has 0 aliphatic rings. The summed E-state index contributed by atoms with van der Waals surface area (Å²) in [5, 5.41) is 0. The third-order valence-electron chi connectivity index (χ3n) is 5.67. The van der Waals surface area contributed by atoms with E-state index < -0.39 is 0 Å². The summed E-state index contributed by atoms with van der Waals surface area (Å²) in [5.74, 6) is 0. The number of hydrogen-bond donors (Lipinski definition) is 4. The summed E-state index contributed by atoms with van der Waals surface area (Å²) in [7, 11) is 0. The van der Waals surface area contributed by atoms with E-state index in [1.807, 2.05) is 45.0 Å². The molecule has 0 amide bonds. The van der Waals surface area contributed by atoms with E-state index in [9.17, 15) is 19.2 Å². The van der Waals surface area contributed by atoms with Gasteiger partial charge in [-0.05, 0) is 98.5 Å². The molecular weight excluding hydrogens is 616 g/mol. The second-order valence-electron chi connectivity index (χ2n) is 8.99. The van der Waals surface area contributed by atoms with E-state index in [1.54, 1.807) is 49.4 Å². The SMILES string of the molecule is C.C.Cc1ccc(N)cc1N.Cc1ccc(N)cc1N=C=O.Cc1ccc(N=C=O)cc1N.Cc1ccc(N=C=O)cc1N=C=O.O.O. The molecule has 0 saturated heterocycles. The average molecular weight is 661 g/mol. The fourth-order valence-electron chi connectivity index (χ4n) is 3.09. The second kappa shape index (κ2) is 25.8. The first kappa shape index (κ1) is 48.4. The maximum atomic E-state index is 10.00. The lowest BCUT2D eigenvalue weighted by molar-refractivity contribution is 0.564. The van der Waals surface area contributed by atoms with Gasteiger partial charge >= 0.3 is 0 Å². The van der Waals surface area contributed by atoms with Gasteiger partial charge in [0.1, 0.15) is 0 Å². The molecule has 48 heavy (non-hydrogen) atoms. The van der Waals surface area contributed by atoms with Crippen LogP contribution in [0.15, 0.2) is 92.8 Å². The van der Waals surface area contributed by atoms with Crippen LogP contribution in [0.4, 0.5) is 45.5 Å². The summed E-state index contributed by atoms with van der Waals surface area (Å²) in [6, 6.07) is 20.8. The first-order valence-electron chi connectivity index (χ1n) is 12.7. The maximum absolute atomic E-state index is 10.00. The Morgan fingerprint density at radius 1 is 0.438 bits per heavy atom. The van der Waals surface area contributed by atoms with Crippen molar-refractivity contribution in [2.75, 3.05) is 22.9 Å². The van der Waals surface area contributed by atoms with Gasteiger partial charge in [-0.15, -0.1) is 0 Å². The lowest BCUT2D eigenvalue weighted by Gasteiger charge is -1.98. The highest BCUT2D eigenvalue weighted by Gasteiger charge is 1.98. The number of benzene rings is 4. The van der Waals surface area contributed by atoms with Crippen LogP contribution in [0.2, 0.25) is 0 Å². The highest BCUT2D eigenvalue weighted by molar-refractivity contribution is 5.62. The molecule has 0 aromatic heterocycles. The number of aryl methyl sites for hydroxylation is 4. The Hall–Kier alpha value is -6.48. The van der Waals surface area contributed by atoms with Gasteiger partial charge in [0.25, 0.3) is 0 Å². The number of nitrogens with two attached hydrogens (primary N) is 4. The van der Waals surface area contributed by atoms with Crippen LogP contribution in [0.25, 0.3) is 0 Å². The van der Waals surface area contributed by atoms with Gasteiger partial charge in [0, 0.05) is 22.7 Å². The van der Waals surface area contributed by atoms with Crippen LogP contribution in [0, 0.1) is 27.7 Å². The van der Waals surface area contributed by atoms with Crippen molar-refractivity contribution in [1.29, 1.82) is 0 Å². The molecule has 14 heteroatoms. The number of isocyanates is 4. The highest BCUT2D eigenvalue weighted by atomic mass is 16.1. The van der Waals surface area contributed by atoms with Gasteiger partial charge in [0.05, 0.1) is 22.7 Å². The van der Waals surface area contributed by atoms with Crippen LogP contribution >= 0.6 is 0 Å². The summed E-state index contributed by atoms with van der Waals surface area (Å²) >= 11 is 0. The zero-order chi connectivity index (χ0) is 33.1.